The van der Waals surface area contributed by atoms with Crippen LogP contribution in [0.15, 0.2) is 35.7 Å². The molecule has 2 aromatic rings. The zero-order chi connectivity index (χ0) is 15.7. The zero-order valence-corrected chi connectivity index (χ0v) is 11.7. The van der Waals surface area contributed by atoms with Crippen molar-refractivity contribution in [3.05, 3.63) is 40.6 Å². The molecule has 2 rings (SSSR count). The molecular weight excluding hydrogens is 327 g/mol. The fourth-order valence-electron chi connectivity index (χ4n) is 1.51. The smallest absolute Gasteiger partial charge is 0.376 e. The molecule has 0 aliphatic rings. The molecular formula is C12H6F3NO3S2. The molecule has 0 bridgehead atoms. The van der Waals surface area contributed by atoms with E-state index < -0.39 is 21.4 Å². The molecule has 21 heavy (non-hydrogen) atoms. The van der Waals surface area contributed by atoms with Crippen LogP contribution >= 0.6 is 11.3 Å². The number of rotatable bonds is 3. The van der Waals surface area contributed by atoms with Crippen LogP contribution in [0.3, 0.4) is 0 Å². The largest absolute Gasteiger partial charge is 0.534 e. The van der Waals surface area contributed by atoms with E-state index in [-0.39, 0.29) is 0 Å². The Morgan fingerprint density at radius 3 is 2.57 bits per heavy atom. The Morgan fingerprint density at radius 1 is 1.24 bits per heavy atom. The third-order valence-corrected chi connectivity index (χ3v) is 4.20. The lowest BCUT2D eigenvalue weighted by atomic mass is 10.1. The van der Waals surface area contributed by atoms with E-state index >= 15 is 0 Å². The van der Waals surface area contributed by atoms with Crippen molar-refractivity contribution in [2.75, 3.05) is 0 Å². The molecule has 9 heteroatoms. The van der Waals surface area contributed by atoms with Gasteiger partial charge in [-0.3, -0.25) is 0 Å². The van der Waals surface area contributed by atoms with Gasteiger partial charge in [-0.2, -0.15) is 26.9 Å². The van der Waals surface area contributed by atoms with Gasteiger partial charge in [0.25, 0.3) is 0 Å². The molecule has 4 nitrogen and oxygen atoms in total. The first kappa shape index (κ1) is 15.3. The quantitative estimate of drug-likeness (QED) is 0.637. The number of nitriles is 1. The van der Waals surface area contributed by atoms with Gasteiger partial charge in [0.1, 0.15) is 16.7 Å². The minimum atomic E-state index is -5.71. The van der Waals surface area contributed by atoms with Gasteiger partial charge in [0, 0.05) is 5.56 Å². The number of benzene rings is 1. The van der Waals surface area contributed by atoms with Crippen molar-refractivity contribution in [1.29, 1.82) is 5.26 Å². The standard InChI is InChI=1S/C12H6F3NO3S2/c13-12(14,15)21(17,18)19-9-3-1-2-8(6-9)10-4-5-20-11(10)7-16/h1-6H. The summed E-state index contributed by atoms with van der Waals surface area (Å²) in [7, 11) is -5.71. The van der Waals surface area contributed by atoms with Crippen LogP contribution in [0.2, 0.25) is 0 Å². The van der Waals surface area contributed by atoms with Gasteiger partial charge in [-0.1, -0.05) is 12.1 Å². The minimum Gasteiger partial charge on any atom is -0.376 e. The van der Waals surface area contributed by atoms with E-state index in [4.69, 9.17) is 5.26 Å². The maximum absolute atomic E-state index is 12.3. The Kier molecular flexibility index (Phi) is 3.93. The van der Waals surface area contributed by atoms with Crippen molar-refractivity contribution in [1.82, 2.24) is 0 Å². The molecule has 0 fully saturated rings. The molecule has 0 amide bonds. The van der Waals surface area contributed by atoms with Crippen LogP contribution in [0.4, 0.5) is 13.2 Å². The molecule has 0 saturated heterocycles. The topological polar surface area (TPSA) is 67.2 Å². The van der Waals surface area contributed by atoms with Crippen molar-refractivity contribution < 1.29 is 25.8 Å². The SMILES string of the molecule is N#Cc1sccc1-c1cccc(OS(=O)(=O)C(F)(F)F)c1. The molecule has 0 radical (unpaired) electrons. The van der Waals surface area contributed by atoms with Crippen LogP contribution in [0, 0.1) is 11.3 Å². The molecule has 0 atom stereocenters. The summed E-state index contributed by atoms with van der Waals surface area (Å²) in [5.74, 6) is -0.472. The summed E-state index contributed by atoms with van der Waals surface area (Å²) in [6, 6.07) is 8.66. The normalized spacial score (nSPS) is 11.9. The minimum absolute atomic E-state index is 0.367. The first-order valence-electron chi connectivity index (χ1n) is 5.33. The van der Waals surface area contributed by atoms with Gasteiger partial charge >= 0.3 is 15.6 Å². The number of halogens is 3. The summed E-state index contributed by atoms with van der Waals surface area (Å²) >= 11 is 1.17. The predicted octanol–water partition coefficient (Wildman–Crippen LogP) is 3.52. The van der Waals surface area contributed by atoms with Gasteiger partial charge in [-0.25, -0.2) is 0 Å². The van der Waals surface area contributed by atoms with Gasteiger partial charge in [0.2, 0.25) is 0 Å². The lowest BCUT2D eigenvalue weighted by Crippen LogP contribution is -2.28. The van der Waals surface area contributed by atoms with E-state index in [9.17, 15) is 21.6 Å². The number of hydrogen-bond acceptors (Lipinski definition) is 5. The van der Waals surface area contributed by atoms with Gasteiger partial charge in [0.15, 0.2) is 0 Å². The predicted molar refractivity (Wildman–Crippen MR) is 70.1 cm³/mol. The molecule has 0 saturated carbocycles. The lowest BCUT2D eigenvalue weighted by Gasteiger charge is -2.10. The third-order valence-electron chi connectivity index (χ3n) is 2.40. The first-order chi connectivity index (χ1) is 9.74. The van der Waals surface area contributed by atoms with Crippen LogP contribution < -0.4 is 4.18 Å². The molecule has 0 spiro atoms. The summed E-state index contributed by atoms with van der Waals surface area (Å²) < 4.78 is 62.7. The summed E-state index contributed by atoms with van der Waals surface area (Å²) in [4.78, 5) is 0.367. The number of nitrogens with zero attached hydrogens (tertiary/aromatic N) is 1. The molecule has 1 heterocycles. The summed E-state index contributed by atoms with van der Waals surface area (Å²) in [6.07, 6.45) is 0. The van der Waals surface area contributed by atoms with Gasteiger partial charge in [-0.15, -0.1) is 11.3 Å². The second kappa shape index (κ2) is 5.38. The highest BCUT2D eigenvalue weighted by atomic mass is 32.2. The average Bonchev–Trinajstić information content (AvgIpc) is 2.85. The van der Waals surface area contributed by atoms with Crippen LogP contribution in [0.1, 0.15) is 4.88 Å². The summed E-state index contributed by atoms with van der Waals surface area (Å²) in [6.45, 7) is 0. The second-order valence-electron chi connectivity index (χ2n) is 3.79. The van der Waals surface area contributed by atoms with Crippen LogP contribution in [-0.2, 0) is 10.1 Å². The van der Waals surface area contributed by atoms with E-state index in [2.05, 4.69) is 4.18 Å². The van der Waals surface area contributed by atoms with Crippen molar-refractivity contribution in [3.8, 4) is 22.9 Å². The Bertz CT molecular complexity index is 804. The number of thiophene rings is 1. The van der Waals surface area contributed by atoms with E-state index in [1.54, 1.807) is 11.4 Å². The molecule has 1 aromatic heterocycles. The first-order valence-corrected chi connectivity index (χ1v) is 7.62. The Labute approximate surface area is 122 Å². The zero-order valence-electron chi connectivity index (χ0n) is 10.1. The maximum atomic E-state index is 12.3. The third kappa shape index (κ3) is 3.17. The molecule has 0 aliphatic carbocycles. The van der Waals surface area contributed by atoms with Crippen LogP contribution in [0.25, 0.3) is 11.1 Å². The molecule has 1 aromatic carbocycles. The maximum Gasteiger partial charge on any atom is 0.534 e. The van der Waals surface area contributed by atoms with Crippen molar-refractivity contribution in [3.63, 3.8) is 0 Å². The Morgan fingerprint density at radius 2 is 1.95 bits per heavy atom. The Hall–Kier alpha value is -2.05. The van der Waals surface area contributed by atoms with Gasteiger partial charge in [0.05, 0.1) is 0 Å². The van der Waals surface area contributed by atoms with Crippen LogP contribution in [0.5, 0.6) is 5.75 Å². The van der Waals surface area contributed by atoms with Crippen LogP contribution in [-0.4, -0.2) is 13.9 Å². The highest BCUT2D eigenvalue weighted by molar-refractivity contribution is 7.88. The van der Waals surface area contributed by atoms with Gasteiger partial charge in [-0.05, 0) is 29.1 Å². The highest BCUT2D eigenvalue weighted by Crippen LogP contribution is 2.32. The van der Waals surface area contributed by atoms with E-state index in [0.717, 1.165) is 12.1 Å². The van der Waals surface area contributed by atoms with E-state index in [1.807, 2.05) is 6.07 Å². The Balaban J connectivity index is 2.38. The summed E-state index contributed by atoms with van der Waals surface area (Å²) in [5, 5.41) is 10.6. The number of hydrogen-bond donors (Lipinski definition) is 0. The highest BCUT2D eigenvalue weighted by Gasteiger charge is 2.48. The fourth-order valence-corrected chi connectivity index (χ4v) is 2.67. The van der Waals surface area contributed by atoms with Crippen molar-refractivity contribution >= 4 is 21.5 Å². The fraction of sp³-hybridized carbons (Fsp3) is 0.0833. The van der Waals surface area contributed by atoms with Crippen molar-refractivity contribution in [2.24, 2.45) is 0 Å². The molecule has 110 valence electrons. The van der Waals surface area contributed by atoms with E-state index in [1.165, 1.54) is 23.5 Å². The second-order valence-corrected chi connectivity index (χ2v) is 6.24. The van der Waals surface area contributed by atoms with Gasteiger partial charge < -0.3 is 4.18 Å². The summed E-state index contributed by atoms with van der Waals surface area (Å²) in [5.41, 5.74) is -4.61. The van der Waals surface area contributed by atoms with Crippen molar-refractivity contribution in [2.45, 2.75) is 5.51 Å². The monoisotopic (exact) mass is 333 g/mol. The molecule has 0 aliphatic heterocycles. The molecule has 0 unspecified atom stereocenters. The van der Waals surface area contributed by atoms with E-state index in [0.29, 0.717) is 16.0 Å². The molecule has 0 N–H and O–H groups in total. The average molecular weight is 333 g/mol. The number of alkyl halides is 3. The lowest BCUT2D eigenvalue weighted by molar-refractivity contribution is -0.0500.